The molecule has 0 radical (unpaired) electrons. The lowest BCUT2D eigenvalue weighted by molar-refractivity contribution is -0.143. The molecule has 0 spiro atoms. The van der Waals surface area contributed by atoms with Crippen LogP contribution in [0.3, 0.4) is 0 Å². The quantitative estimate of drug-likeness (QED) is 0.904. The van der Waals surface area contributed by atoms with Crippen molar-refractivity contribution in [1.29, 1.82) is 0 Å². The van der Waals surface area contributed by atoms with Gasteiger partial charge in [-0.25, -0.2) is 0 Å². The molecule has 114 valence electrons. The van der Waals surface area contributed by atoms with Crippen LogP contribution in [0.2, 0.25) is 0 Å². The summed E-state index contributed by atoms with van der Waals surface area (Å²) in [6.07, 6.45) is 2.00. The molecule has 5 heteroatoms. The predicted molar refractivity (Wildman–Crippen MR) is 78.5 cm³/mol. The zero-order valence-corrected chi connectivity index (χ0v) is 12.2. The van der Waals surface area contributed by atoms with Crippen LogP contribution in [-0.2, 0) is 4.79 Å². The van der Waals surface area contributed by atoms with Crippen LogP contribution in [-0.4, -0.2) is 41.6 Å². The number of hydrogen-bond acceptors (Lipinski definition) is 3. The van der Waals surface area contributed by atoms with Crippen molar-refractivity contribution >= 4 is 11.9 Å². The second-order valence-corrected chi connectivity index (χ2v) is 5.28. The van der Waals surface area contributed by atoms with Crippen molar-refractivity contribution < 1.29 is 19.4 Å². The summed E-state index contributed by atoms with van der Waals surface area (Å²) < 4.78 is 5.49. The van der Waals surface area contributed by atoms with E-state index < -0.39 is 5.97 Å². The second-order valence-electron chi connectivity index (χ2n) is 5.28. The molecule has 1 N–H and O–H groups in total. The minimum absolute atomic E-state index is 0.0409. The number of carboxylic acid groups (broad SMARTS) is 1. The number of piperidine rings is 1. The highest BCUT2D eigenvalue weighted by molar-refractivity contribution is 5.94. The highest BCUT2D eigenvalue weighted by Crippen LogP contribution is 2.20. The van der Waals surface area contributed by atoms with Gasteiger partial charge in [0.1, 0.15) is 5.75 Å². The zero-order valence-electron chi connectivity index (χ0n) is 12.2. The molecule has 0 aromatic heterocycles. The number of hydrogen-bond donors (Lipinski definition) is 1. The van der Waals surface area contributed by atoms with Crippen LogP contribution in [0.5, 0.6) is 5.75 Å². The molecule has 1 heterocycles. The SMILES string of the molecule is CCCOc1ccc(C(=O)N2CCC(C(=O)O)CC2)cc1. The van der Waals surface area contributed by atoms with Gasteiger partial charge in [0.2, 0.25) is 0 Å². The van der Waals surface area contributed by atoms with Gasteiger partial charge in [-0.2, -0.15) is 0 Å². The predicted octanol–water partition coefficient (Wildman–Crippen LogP) is 2.41. The number of aliphatic carboxylic acids is 1. The van der Waals surface area contributed by atoms with E-state index in [2.05, 4.69) is 0 Å². The number of nitrogens with zero attached hydrogens (tertiary/aromatic N) is 1. The van der Waals surface area contributed by atoms with Crippen molar-refractivity contribution in [2.24, 2.45) is 5.92 Å². The molecule has 0 unspecified atom stereocenters. The lowest BCUT2D eigenvalue weighted by Crippen LogP contribution is -2.40. The smallest absolute Gasteiger partial charge is 0.306 e. The Morgan fingerprint density at radius 2 is 1.86 bits per heavy atom. The van der Waals surface area contributed by atoms with Crippen LogP contribution in [0, 0.1) is 5.92 Å². The molecule has 1 aliphatic heterocycles. The fourth-order valence-electron chi connectivity index (χ4n) is 2.43. The third kappa shape index (κ3) is 3.97. The lowest BCUT2D eigenvalue weighted by atomic mass is 9.96. The highest BCUT2D eigenvalue weighted by atomic mass is 16.5. The Labute approximate surface area is 124 Å². The van der Waals surface area contributed by atoms with Crippen LogP contribution < -0.4 is 4.74 Å². The average Bonchev–Trinajstić information content (AvgIpc) is 2.53. The fourth-order valence-corrected chi connectivity index (χ4v) is 2.43. The van der Waals surface area contributed by atoms with Crippen LogP contribution in [0.1, 0.15) is 36.5 Å². The monoisotopic (exact) mass is 291 g/mol. The largest absolute Gasteiger partial charge is 0.494 e. The highest BCUT2D eigenvalue weighted by Gasteiger charge is 2.27. The van der Waals surface area contributed by atoms with E-state index in [9.17, 15) is 9.59 Å². The Hall–Kier alpha value is -2.04. The molecule has 1 aromatic rings. The Morgan fingerprint density at radius 3 is 2.38 bits per heavy atom. The third-order valence-electron chi connectivity index (χ3n) is 3.71. The summed E-state index contributed by atoms with van der Waals surface area (Å²) in [5, 5.41) is 8.96. The van der Waals surface area contributed by atoms with Crippen LogP contribution >= 0.6 is 0 Å². The molecule has 5 nitrogen and oxygen atoms in total. The first-order chi connectivity index (χ1) is 10.1. The molecule has 0 saturated carbocycles. The lowest BCUT2D eigenvalue weighted by Gasteiger charge is -2.30. The van der Waals surface area contributed by atoms with E-state index in [0.29, 0.717) is 38.1 Å². The number of rotatable bonds is 5. The van der Waals surface area contributed by atoms with E-state index in [1.165, 1.54) is 0 Å². The van der Waals surface area contributed by atoms with Crippen LogP contribution in [0.4, 0.5) is 0 Å². The Kier molecular flexibility index (Phi) is 5.20. The van der Waals surface area contributed by atoms with Crippen molar-refractivity contribution in [3.8, 4) is 5.75 Å². The first kappa shape index (κ1) is 15.4. The second kappa shape index (κ2) is 7.11. The summed E-state index contributed by atoms with van der Waals surface area (Å²) in [5.74, 6) is -0.364. The molecule has 21 heavy (non-hydrogen) atoms. The summed E-state index contributed by atoms with van der Waals surface area (Å²) in [7, 11) is 0. The Morgan fingerprint density at radius 1 is 1.24 bits per heavy atom. The van der Waals surface area contributed by atoms with Gasteiger partial charge in [-0.15, -0.1) is 0 Å². The van der Waals surface area contributed by atoms with E-state index in [1.54, 1.807) is 29.2 Å². The summed E-state index contributed by atoms with van der Waals surface area (Å²) in [6, 6.07) is 7.12. The maximum atomic E-state index is 12.3. The van der Waals surface area contributed by atoms with E-state index in [-0.39, 0.29) is 11.8 Å². The van der Waals surface area contributed by atoms with Crippen molar-refractivity contribution in [3.63, 3.8) is 0 Å². The molecule has 0 bridgehead atoms. The number of amides is 1. The Bertz CT molecular complexity index is 490. The first-order valence-corrected chi connectivity index (χ1v) is 7.36. The number of carbonyl (C=O) groups is 2. The average molecular weight is 291 g/mol. The third-order valence-corrected chi connectivity index (χ3v) is 3.71. The molecule has 1 saturated heterocycles. The molecular formula is C16H21NO4. The summed E-state index contributed by atoms with van der Waals surface area (Å²) >= 11 is 0. The van der Waals surface area contributed by atoms with Gasteiger partial charge in [0, 0.05) is 18.7 Å². The summed E-state index contributed by atoms with van der Waals surface area (Å²) in [4.78, 5) is 25.0. The summed E-state index contributed by atoms with van der Waals surface area (Å²) in [6.45, 7) is 3.71. The maximum Gasteiger partial charge on any atom is 0.306 e. The van der Waals surface area contributed by atoms with Crippen molar-refractivity contribution in [2.75, 3.05) is 19.7 Å². The van der Waals surface area contributed by atoms with Gasteiger partial charge in [0.25, 0.3) is 5.91 Å². The van der Waals surface area contributed by atoms with Crippen LogP contribution in [0.15, 0.2) is 24.3 Å². The Balaban J connectivity index is 1.93. The van der Waals surface area contributed by atoms with E-state index in [1.807, 2.05) is 6.92 Å². The number of likely N-dealkylation sites (tertiary alicyclic amines) is 1. The molecular weight excluding hydrogens is 270 g/mol. The number of benzene rings is 1. The molecule has 1 amide bonds. The maximum absolute atomic E-state index is 12.3. The van der Waals surface area contributed by atoms with Gasteiger partial charge in [-0.05, 0) is 43.5 Å². The molecule has 1 aliphatic rings. The van der Waals surface area contributed by atoms with Gasteiger partial charge >= 0.3 is 5.97 Å². The van der Waals surface area contributed by atoms with Crippen molar-refractivity contribution in [2.45, 2.75) is 26.2 Å². The number of ether oxygens (including phenoxy) is 1. The molecule has 2 rings (SSSR count). The van der Waals surface area contributed by atoms with Gasteiger partial charge in [-0.1, -0.05) is 6.92 Å². The van der Waals surface area contributed by atoms with Gasteiger partial charge < -0.3 is 14.7 Å². The molecule has 1 aromatic carbocycles. The fraction of sp³-hybridized carbons (Fsp3) is 0.500. The normalized spacial score (nSPS) is 15.8. The van der Waals surface area contributed by atoms with E-state index in [4.69, 9.17) is 9.84 Å². The summed E-state index contributed by atoms with van der Waals surface area (Å²) in [5.41, 5.74) is 0.618. The van der Waals surface area contributed by atoms with E-state index >= 15 is 0 Å². The van der Waals surface area contributed by atoms with Gasteiger partial charge in [0.15, 0.2) is 0 Å². The standard InChI is InChI=1S/C16H21NO4/c1-2-11-21-14-5-3-12(4-6-14)15(18)17-9-7-13(8-10-17)16(19)20/h3-6,13H,2,7-11H2,1H3,(H,19,20). The topological polar surface area (TPSA) is 66.8 Å². The van der Waals surface area contributed by atoms with Gasteiger partial charge in [-0.3, -0.25) is 9.59 Å². The molecule has 0 aliphatic carbocycles. The zero-order chi connectivity index (χ0) is 15.2. The molecule has 1 fully saturated rings. The number of carboxylic acids is 1. The van der Waals surface area contributed by atoms with Crippen LogP contribution in [0.25, 0.3) is 0 Å². The number of carbonyl (C=O) groups excluding carboxylic acids is 1. The minimum atomic E-state index is -0.764. The van der Waals surface area contributed by atoms with Crippen molar-refractivity contribution in [1.82, 2.24) is 4.90 Å². The minimum Gasteiger partial charge on any atom is -0.494 e. The first-order valence-electron chi connectivity index (χ1n) is 7.36. The van der Waals surface area contributed by atoms with Crippen molar-refractivity contribution in [3.05, 3.63) is 29.8 Å². The molecule has 0 atom stereocenters. The van der Waals surface area contributed by atoms with E-state index in [0.717, 1.165) is 12.2 Å². The van der Waals surface area contributed by atoms with Gasteiger partial charge in [0.05, 0.1) is 12.5 Å².